The molecule has 5 aromatic carbocycles. The number of carbonyl (C=O) groups excluding carboxylic acids is 1. The van der Waals surface area contributed by atoms with Crippen molar-refractivity contribution in [3.8, 4) is 6.07 Å². The average Bonchev–Trinajstić information content (AvgIpc) is 2.71. The molecule has 0 fully saturated rings. The lowest BCUT2D eigenvalue weighted by atomic mass is 9.89. The quantitative estimate of drug-likeness (QED) is 0.308. The summed E-state index contributed by atoms with van der Waals surface area (Å²) >= 11 is 0. The molecule has 2 heteroatoms. The Balaban J connectivity index is 1.80. The monoisotopic (exact) mass is 331 g/mol. The summed E-state index contributed by atoms with van der Waals surface area (Å²) in [5.41, 5.74) is 1.84. The van der Waals surface area contributed by atoms with E-state index in [0.717, 1.165) is 16.2 Å². The van der Waals surface area contributed by atoms with Gasteiger partial charge in [-0.3, -0.25) is 4.79 Å². The zero-order valence-electron chi connectivity index (χ0n) is 13.9. The Kier molecular flexibility index (Phi) is 3.04. The Morgan fingerprint density at radius 2 is 1.31 bits per heavy atom. The van der Waals surface area contributed by atoms with E-state index in [0.29, 0.717) is 16.7 Å². The number of hydrogen-bond donors (Lipinski definition) is 0. The molecular formula is C24H13NO. The second kappa shape index (κ2) is 5.40. The lowest BCUT2D eigenvalue weighted by Gasteiger charge is -2.13. The number of rotatable bonds is 2. The smallest absolute Gasteiger partial charge is 0.193 e. The Morgan fingerprint density at radius 1 is 0.692 bits per heavy atom. The van der Waals surface area contributed by atoms with Crippen LogP contribution >= 0.6 is 0 Å². The highest BCUT2D eigenvalue weighted by atomic mass is 16.1. The molecule has 2 nitrogen and oxygen atoms in total. The lowest BCUT2D eigenvalue weighted by Crippen LogP contribution is -2.02. The fourth-order valence-electron chi connectivity index (χ4n) is 3.78. The van der Waals surface area contributed by atoms with E-state index < -0.39 is 0 Å². The van der Waals surface area contributed by atoms with Gasteiger partial charge < -0.3 is 0 Å². The number of ketones is 1. The van der Waals surface area contributed by atoms with Crippen LogP contribution in [0.5, 0.6) is 0 Å². The fourth-order valence-corrected chi connectivity index (χ4v) is 3.78. The molecule has 0 saturated carbocycles. The molecule has 5 aromatic rings. The van der Waals surface area contributed by atoms with E-state index in [9.17, 15) is 4.79 Å². The molecule has 0 N–H and O–H groups in total. The van der Waals surface area contributed by atoms with Crippen LogP contribution in [0.15, 0.2) is 78.9 Å². The van der Waals surface area contributed by atoms with Crippen LogP contribution in [0, 0.1) is 11.3 Å². The predicted octanol–water partition coefficient (Wildman–Crippen LogP) is 5.69. The van der Waals surface area contributed by atoms with Crippen LogP contribution in [-0.2, 0) is 0 Å². The van der Waals surface area contributed by atoms with Crippen molar-refractivity contribution in [1.29, 1.82) is 5.26 Å². The van der Waals surface area contributed by atoms with Crippen LogP contribution in [0.2, 0.25) is 0 Å². The number of nitrogens with zero attached hydrogens (tertiary/aromatic N) is 1. The van der Waals surface area contributed by atoms with Crippen molar-refractivity contribution in [2.24, 2.45) is 0 Å². The van der Waals surface area contributed by atoms with E-state index in [1.54, 1.807) is 24.3 Å². The summed E-state index contributed by atoms with van der Waals surface area (Å²) in [5, 5.41) is 15.8. The van der Waals surface area contributed by atoms with Gasteiger partial charge in [-0.1, -0.05) is 48.5 Å². The van der Waals surface area contributed by atoms with Crippen molar-refractivity contribution in [3.63, 3.8) is 0 Å². The van der Waals surface area contributed by atoms with Gasteiger partial charge in [-0.2, -0.15) is 5.26 Å². The van der Waals surface area contributed by atoms with Gasteiger partial charge in [0.25, 0.3) is 0 Å². The minimum absolute atomic E-state index is 0.0209. The van der Waals surface area contributed by atoms with E-state index >= 15 is 0 Å². The van der Waals surface area contributed by atoms with Crippen molar-refractivity contribution in [1.82, 2.24) is 0 Å². The largest absolute Gasteiger partial charge is 0.289 e. The molecule has 0 saturated heterocycles. The van der Waals surface area contributed by atoms with Crippen LogP contribution in [-0.4, -0.2) is 5.78 Å². The normalized spacial score (nSPS) is 11.2. The highest BCUT2D eigenvalue weighted by Gasteiger charge is 2.16. The maximum absolute atomic E-state index is 13.1. The summed E-state index contributed by atoms with van der Waals surface area (Å²) in [4.78, 5) is 13.1. The second-order valence-electron chi connectivity index (χ2n) is 6.49. The molecule has 0 aromatic heterocycles. The van der Waals surface area contributed by atoms with Crippen LogP contribution in [0.1, 0.15) is 21.5 Å². The van der Waals surface area contributed by atoms with E-state index in [1.807, 2.05) is 18.2 Å². The average molecular weight is 331 g/mol. The molecule has 0 aliphatic carbocycles. The van der Waals surface area contributed by atoms with Gasteiger partial charge in [0.2, 0.25) is 0 Å². The van der Waals surface area contributed by atoms with Gasteiger partial charge in [0, 0.05) is 11.1 Å². The Morgan fingerprint density at radius 3 is 2.00 bits per heavy atom. The summed E-state index contributed by atoms with van der Waals surface area (Å²) in [6.45, 7) is 0. The van der Waals surface area contributed by atoms with Gasteiger partial charge in [0.1, 0.15) is 0 Å². The van der Waals surface area contributed by atoms with Crippen molar-refractivity contribution >= 4 is 38.1 Å². The van der Waals surface area contributed by atoms with Crippen LogP contribution in [0.3, 0.4) is 0 Å². The van der Waals surface area contributed by atoms with Crippen LogP contribution < -0.4 is 0 Å². The summed E-state index contributed by atoms with van der Waals surface area (Å²) < 4.78 is 0. The molecule has 0 aliphatic heterocycles. The lowest BCUT2D eigenvalue weighted by molar-refractivity contribution is 0.104. The first-order valence-corrected chi connectivity index (χ1v) is 8.48. The number of benzene rings is 5. The second-order valence-corrected chi connectivity index (χ2v) is 6.49. The van der Waals surface area contributed by atoms with Crippen molar-refractivity contribution in [2.45, 2.75) is 0 Å². The number of carbonyl (C=O) groups is 1. The standard InChI is InChI=1S/C24H13NO/c25-14-15-4-6-19(7-5-15)24(26)21-13-11-18-9-8-16-2-1-3-17-10-12-20(21)23(18)22(16)17/h1-13H. The number of hydrogen-bond acceptors (Lipinski definition) is 2. The van der Waals surface area contributed by atoms with Gasteiger partial charge in [-0.15, -0.1) is 0 Å². The Labute approximate surface area is 150 Å². The van der Waals surface area contributed by atoms with E-state index in [4.69, 9.17) is 5.26 Å². The first-order valence-electron chi connectivity index (χ1n) is 8.48. The molecule has 5 rings (SSSR count). The topological polar surface area (TPSA) is 40.9 Å². The maximum Gasteiger partial charge on any atom is 0.193 e. The highest BCUT2D eigenvalue weighted by molar-refractivity contribution is 6.28. The van der Waals surface area contributed by atoms with Crippen LogP contribution in [0.25, 0.3) is 32.3 Å². The fraction of sp³-hybridized carbons (Fsp3) is 0. The molecule has 120 valence electrons. The zero-order valence-corrected chi connectivity index (χ0v) is 13.9. The molecule has 0 unspecified atom stereocenters. The summed E-state index contributed by atoms with van der Waals surface area (Å²) in [6, 6.07) is 27.5. The highest BCUT2D eigenvalue weighted by Crippen LogP contribution is 2.36. The van der Waals surface area contributed by atoms with Gasteiger partial charge in [-0.25, -0.2) is 0 Å². The summed E-state index contributed by atoms with van der Waals surface area (Å²) in [5.74, 6) is -0.0209. The molecule has 0 heterocycles. The summed E-state index contributed by atoms with van der Waals surface area (Å²) in [6.07, 6.45) is 0. The molecule has 0 radical (unpaired) electrons. The SMILES string of the molecule is N#Cc1ccc(C(=O)c2ccc3ccc4cccc5ccc2c3c45)cc1. The van der Waals surface area contributed by atoms with Crippen molar-refractivity contribution in [3.05, 3.63) is 95.6 Å². The van der Waals surface area contributed by atoms with E-state index in [2.05, 4.69) is 42.5 Å². The minimum Gasteiger partial charge on any atom is -0.289 e. The van der Waals surface area contributed by atoms with E-state index in [-0.39, 0.29) is 5.78 Å². The molecule has 0 atom stereocenters. The first kappa shape index (κ1) is 14.6. The van der Waals surface area contributed by atoms with Crippen molar-refractivity contribution < 1.29 is 4.79 Å². The maximum atomic E-state index is 13.1. The molecule has 0 aliphatic rings. The molecule has 0 spiro atoms. The molecular weight excluding hydrogens is 318 g/mol. The zero-order chi connectivity index (χ0) is 17.7. The molecule has 0 bridgehead atoms. The molecule has 26 heavy (non-hydrogen) atoms. The van der Waals surface area contributed by atoms with Gasteiger partial charge in [0.15, 0.2) is 5.78 Å². The van der Waals surface area contributed by atoms with Gasteiger partial charge in [-0.05, 0) is 62.6 Å². The van der Waals surface area contributed by atoms with Crippen LogP contribution in [0.4, 0.5) is 0 Å². The third-order valence-electron chi connectivity index (χ3n) is 5.05. The van der Waals surface area contributed by atoms with Crippen molar-refractivity contribution in [2.75, 3.05) is 0 Å². The number of nitriles is 1. The minimum atomic E-state index is -0.0209. The third kappa shape index (κ3) is 2.01. The Bertz CT molecular complexity index is 1320. The van der Waals surface area contributed by atoms with E-state index in [1.165, 1.54) is 16.2 Å². The molecule has 0 amide bonds. The summed E-state index contributed by atoms with van der Waals surface area (Å²) in [7, 11) is 0. The van der Waals surface area contributed by atoms with Gasteiger partial charge in [0.05, 0.1) is 11.6 Å². The van der Waals surface area contributed by atoms with Gasteiger partial charge >= 0.3 is 0 Å². The first-order chi connectivity index (χ1) is 12.8. The Hall–Kier alpha value is -3.70. The predicted molar refractivity (Wildman–Crippen MR) is 105 cm³/mol. The third-order valence-corrected chi connectivity index (χ3v) is 5.05.